The van der Waals surface area contributed by atoms with Crippen molar-refractivity contribution in [1.29, 1.82) is 5.26 Å². The van der Waals surface area contributed by atoms with Gasteiger partial charge in [-0.1, -0.05) is 45.0 Å². The number of benzene rings is 1. The van der Waals surface area contributed by atoms with Gasteiger partial charge in [-0.2, -0.15) is 10.2 Å². The molecule has 0 bridgehead atoms. The van der Waals surface area contributed by atoms with E-state index in [9.17, 15) is 10.1 Å². The standard InChI is InChI=1S/C31H41N7O2/c1-5-25-21-38(30-29-28(35(4)31(39)34-30)13-12-24(18-32)33-29)26(6-2)20-37(25)27(7-3)23-10-8-22(9-11-23)19-36-14-16-40-17-15-36/h8-13,25-27H,5-7,14-17,19-21H2,1-4H3/t25?,26-,27?/m0/s1. The lowest BCUT2D eigenvalue weighted by Gasteiger charge is -2.49. The highest BCUT2D eigenvalue weighted by atomic mass is 16.5. The number of ether oxygens (including phenoxy) is 1. The van der Waals surface area contributed by atoms with E-state index < -0.39 is 0 Å². The van der Waals surface area contributed by atoms with Crippen LogP contribution in [0.1, 0.15) is 62.9 Å². The first-order valence-corrected chi connectivity index (χ1v) is 14.7. The molecule has 5 rings (SSSR count). The molecule has 0 amide bonds. The quantitative estimate of drug-likeness (QED) is 0.423. The van der Waals surface area contributed by atoms with E-state index in [0.29, 0.717) is 34.6 Å². The molecule has 2 aromatic heterocycles. The average Bonchev–Trinajstić information content (AvgIpc) is 3.00. The second kappa shape index (κ2) is 12.5. The Morgan fingerprint density at radius 3 is 2.38 bits per heavy atom. The van der Waals surface area contributed by atoms with Gasteiger partial charge in [0.25, 0.3) is 0 Å². The number of anilines is 1. The van der Waals surface area contributed by atoms with Crippen molar-refractivity contribution in [2.24, 2.45) is 7.05 Å². The number of pyridine rings is 1. The maximum absolute atomic E-state index is 12.9. The first kappa shape index (κ1) is 28.2. The summed E-state index contributed by atoms with van der Waals surface area (Å²) in [5.41, 5.74) is 4.04. The van der Waals surface area contributed by atoms with Gasteiger partial charge in [0.15, 0.2) is 5.82 Å². The Balaban J connectivity index is 1.42. The molecule has 0 N–H and O–H groups in total. The Labute approximate surface area is 237 Å². The van der Waals surface area contributed by atoms with E-state index in [1.165, 1.54) is 15.7 Å². The third kappa shape index (κ3) is 5.62. The Morgan fingerprint density at radius 2 is 1.73 bits per heavy atom. The smallest absolute Gasteiger partial charge is 0.349 e. The first-order chi connectivity index (χ1) is 19.5. The summed E-state index contributed by atoms with van der Waals surface area (Å²) in [6, 6.07) is 15.6. The molecule has 0 aliphatic carbocycles. The molecule has 4 heterocycles. The Hall–Kier alpha value is -3.32. The van der Waals surface area contributed by atoms with Gasteiger partial charge < -0.3 is 9.64 Å². The lowest BCUT2D eigenvalue weighted by molar-refractivity contribution is 0.0342. The van der Waals surface area contributed by atoms with Gasteiger partial charge in [0.05, 0.1) is 18.7 Å². The zero-order valence-corrected chi connectivity index (χ0v) is 24.2. The van der Waals surface area contributed by atoms with Gasteiger partial charge >= 0.3 is 5.69 Å². The fraction of sp³-hybridized carbons (Fsp3) is 0.548. The highest BCUT2D eigenvalue weighted by Crippen LogP contribution is 2.35. The highest BCUT2D eigenvalue weighted by Gasteiger charge is 2.37. The van der Waals surface area contributed by atoms with Crippen molar-refractivity contribution in [3.8, 4) is 6.07 Å². The molecule has 9 heteroatoms. The van der Waals surface area contributed by atoms with Gasteiger partial charge in [-0.25, -0.2) is 9.78 Å². The predicted molar refractivity (Wildman–Crippen MR) is 157 cm³/mol. The highest BCUT2D eigenvalue weighted by molar-refractivity contribution is 5.86. The van der Waals surface area contributed by atoms with Crippen molar-refractivity contribution in [3.05, 3.63) is 63.7 Å². The minimum atomic E-state index is -0.303. The molecule has 2 aliphatic rings. The maximum Gasteiger partial charge on any atom is 0.349 e. The van der Waals surface area contributed by atoms with Crippen LogP contribution in [0, 0.1) is 11.3 Å². The number of rotatable bonds is 8. The molecule has 212 valence electrons. The number of hydrogen-bond acceptors (Lipinski definition) is 8. The van der Waals surface area contributed by atoms with Crippen molar-refractivity contribution in [2.45, 2.75) is 64.7 Å². The fourth-order valence-corrected chi connectivity index (χ4v) is 6.32. The third-order valence-electron chi connectivity index (χ3n) is 8.66. The lowest BCUT2D eigenvalue weighted by Crippen LogP contribution is -2.59. The normalized spacial score (nSPS) is 21.4. The average molecular weight is 544 g/mol. The zero-order valence-electron chi connectivity index (χ0n) is 24.2. The van der Waals surface area contributed by atoms with Crippen molar-refractivity contribution in [1.82, 2.24) is 24.3 Å². The molecule has 0 saturated carbocycles. The van der Waals surface area contributed by atoms with E-state index in [0.717, 1.165) is 65.2 Å². The van der Waals surface area contributed by atoms with E-state index >= 15 is 0 Å². The number of aromatic nitrogens is 3. The first-order valence-electron chi connectivity index (χ1n) is 14.7. The molecular formula is C31H41N7O2. The Morgan fingerprint density at radius 1 is 1.00 bits per heavy atom. The van der Waals surface area contributed by atoms with Crippen molar-refractivity contribution in [3.63, 3.8) is 0 Å². The van der Waals surface area contributed by atoms with Crippen LogP contribution in [0.3, 0.4) is 0 Å². The van der Waals surface area contributed by atoms with Gasteiger partial charge in [0, 0.05) is 57.9 Å². The number of fused-ring (bicyclic) bond motifs is 1. The van der Waals surface area contributed by atoms with E-state index in [1.807, 2.05) is 0 Å². The summed E-state index contributed by atoms with van der Waals surface area (Å²) in [7, 11) is 1.71. The van der Waals surface area contributed by atoms with Crippen LogP contribution in [0.25, 0.3) is 11.0 Å². The molecule has 9 nitrogen and oxygen atoms in total. The molecule has 2 fully saturated rings. The molecule has 0 spiro atoms. The summed E-state index contributed by atoms with van der Waals surface area (Å²) in [6.45, 7) is 12.9. The Kier molecular flexibility index (Phi) is 8.79. The number of nitrogens with zero attached hydrogens (tertiary/aromatic N) is 7. The Bertz CT molecular complexity index is 1410. The van der Waals surface area contributed by atoms with Crippen LogP contribution in [-0.4, -0.2) is 75.8 Å². The number of morpholine rings is 1. The largest absolute Gasteiger partial charge is 0.379 e. The SMILES string of the molecule is CCC1CN(c2nc(=O)n(C)c3ccc(C#N)nc23)[C@@H](CC)CN1C(CC)c1ccc(CN2CCOCC2)cc1. The monoisotopic (exact) mass is 543 g/mol. The van der Waals surface area contributed by atoms with Gasteiger partial charge in [0.1, 0.15) is 17.3 Å². The third-order valence-corrected chi connectivity index (χ3v) is 8.66. The number of piperazine rings is 1. The summed E-state index contributed by atoms with van der Waals surface area (Å²) >= 11 is 0. The lowest BCUT2D eigenvalue weighted by atomic mass is 9.94. The molecule has 3 aromatic rings. The fourth-order valence-electron chi connectivity index (χ4n) is 6.32. The van der Waals surface area contributed by atoms with Gasteiger partial charge in [-0.15, -0.1) is 0 Å². The summed E-state index contributed by atoms with van der Waals surface area (Å²) in [4.78, 5) is 29.4. The van der Waals surface area contributed by atoms with Crippen LogP contribution in [0.15, 0.2) is 41.2 Å². The van der Waals surface area contributed by atoms with Gasteiger partial charge in [0.2, 0.25) is 0 Å². The summed E-state index contributed by atoms with van der Waals surface area (Å²) in [5, 5.41) is 9.50. The van der Waals surface area contributed by atoms with Crippen LogP contribution in [-0.2, 0) is 18.3 Å². The minimum absolute atomic E-state index is 0.174. The molecular weight excluding hydrogens is 502 g/mol. The number of nitriles is 1. The van der Waals surface area contributed by atoms with Crippen LogP contribution < -0.4 is 10.6 Å². The van der Waals surface area contributed by atoms with E-state index in [-0.39, 0.29) is 11.7 Å². The molecule has 2 aliphatic heterocycles. The van der Waals surface area contributed by atoms with Crippen LogP contribution in [0.5, 0.6) is 0 Å². The van der Waals surface area contributed by atoms with Crippen LogP contribution in [0.4, 0.5) is 5.82 Å². The predicted octanol–water partition coefficient (Wildman–Crippen LogP) is 3.86. The van der Waals surface area contributed by atoms with E-state index in [1.54, 1.807) is 19.2 Å². The second-order valence-corrected chi connectivity index (χ2v) is 11.0. The topological polar surface area (TPSA) is 90.5 Å². The van der Waals surface area contributed by atoms with Gasteiger partial charge in [-0.3, -0.25) is 14.4 Å². The maximum atomic E-state index is 12.9. The van der Waals surface area contributed by atoms with Crippen LogP contribution >= 0.6 is 0 Å². The molecule has 3 atom stereocenters. The van der Waals surface area contributed by atoms with Crippen molar-refractivity contribution in [2.75, 3.05) is 44.3 Å². The zero-order chi connectivity index (χ0) is 28.2. The minimum Gasteiger partial charge on any atom is -0.379 e. The van der Waals surface area contributed by atoms with E-state index in [2.05, 4.69) is 75.8 Å². The molecule has 2 unspecified atom stereocenters. The molecule has 2 saturated heterocycles. The second-order valence-electron chi connectivity index (χ2n) is 11.0. The van der Waals surface area contributed by atoms with Crippen molar-refractivity contribution < 1.29 is 4.74 Å². The molecule has 40 heavy (non-hydrogen) atoms. The van der Waals surface area contributed by atoms with Gasteiger partial charge in [-0.05, 0) is 42.5 Å². The van der Waals surface area contributed by atoms with Crippen LogP contribution in [0.2, 0.25) is 0 Å². The summed E-state index contributed by atoms with van der Waals surface area (Å²) in [6.07, 6.45) is 2.92. The number of hydrogen-bond donors (Lipinski definition) is 0. The van der Waals surface area contributed by atoms with Crippen molar-refractivity contribution >= 4 is 16.9 Å². The van der Waals surface area contributed by atoms with E-state index in [4.69, 9.17) is 4.74 Å². The summed E-state index contributed by atoms with van der Waals surface area (Å²) < 4.78 is 7.01. The summed E-state index contributed by atoms with van der Waals surface area (Å²) in [5.74, 6) is 0.598. The molecule has 1 aromatic carbocycles. The molecule has 0 radical (unpaired) electrons. The number of aryl methyl sites for hydroxylation is 1.